The van der Waals surface area contributed by atoms with Crippen LogP contribution in [0.2, 0.25) is 0 Å². The van der Waals surface area contributed by atoms with Crippen LogP contribution in [0.15, 0.2) is 24.3 Å². The average Bonchev–Trinajstić information content (AvgIpc) is 2.43. The summed E-state index contributed by atoms with van der Waals surface area (Å²) in [6, 6.07) is 6.83. The summed E-state index contributed by atoms with van der Waals surface area (Å²) in [6.07, 6.45) is 1.68. The highest BCUT2D eigenvalue weighted by Gasteiger charge is 2.51. The van der Waals surface area contributed by atoms with E-state index in [2.05, 4.69) is 0 Å². The maximum absolute atomic E-state index is 12.1. The Morgan fingerprint density at radius 3 is 2.26 bits per heavy atom. The van der Waals surface area contributed by atoms with Crippen molar-refractivity contribution in [3.8, 4) is 5.75 Å². The van der Waals surface area contributed by atoms with Gasteiger partial charge in [0.2, 0.25) is 0 Å². The van der Waals surface area contributed by atoms with Crippen LogP contribution in [0.1, 0.15) is 44.0 Å². The van der Waals surface area contributed by atoms with E-state index in [1.54, 1.807) is 24.3 Å². The molecule has 1 aliphatic heterocycles. The van der Waals surface area contributed by atoms with Crippen molar-refractivity contribution in [2.24, 2.45) is 5.41 Å². The lowest BCUT2D eigenvalue weighted by atomic mass is 9.75. The van der Waals surface area contributed by atoms with E-state index in [4.69, 9.17) is 4.84 Å². The molecule has 4 nitrogen and oxygen atoms in total. The summed E-state index contributed by atoms with van der Waals surface area (Å²) in [5, 5.41) is 1.40. The van der Waals surface area contributed by atoms with Crippen LogP contribution < -0.4 is 4.84 Å². The molecule has 102 valence electrons. The second-order valence-electron chi connectivity index (χ2n) is 5.00. The molecule has 1 saturated heterocycles. The molecule has 1 aromatic rings. The number of rotatable bonds is 5. The van der Waals surface area contributed by atoms with Crippen molar-refractivity contribution >= 4 is 11.7 Å². The highest BCUT2D eigenvalue weighted by molar-refractivity contribution is 5.94. The van der Waals surface area contributed by atoms with Gasteiger partial charge in [0.25, 0.3) is 5.91 Å². The second kappa shape index (κ2) is 5.03. The van der Waals surface area contributed by atoms with E-state index in [1.807, 2.05) is 13.8 Å². The lowest BCUT2D eigenvalue weighted by molar-refractivity contribution is -0.205. The molecule has 1 aliphatic rings. The number of Topliss-reactive ketones (excluding diaryl/α,β-unsaturated/α-hetero) is 1. The first kappa shape index (κ1) is 13.6. The molecule has 0 N–H and O–H groups in total. The highest BCUT2D eigenvalue weighted by Crippen LogP contribution is 2.38. The predicted octanol–water partition coefficient (Wildman–Crippen LogP) is 2.83. The Morgan fingerprint density at radius 2 is 1.84 bits per heavy atom. The average molecular weight is 261 g/mol. The maximum atomic E-state index is 12.1. The Morgan fingerprint density at radius 1 is 1.26 bits per heavy atom. The number of nitrogens with zero attached hydrogens (tertiary/aromatic N) is 1. The van der Waals surface area contributed by atoms with Gasteiger partial charge in [-0.25, -0.2) is 0 Å². The summed E-state index contributed by atoms with van der Waals surface area (Å²) >= 11 is 0. The number of ketones is 1. The van der Waals surface area contributed by atoms with E-state index in [1.165, 1.54) is 12.0 Å². The molecule has 0 bridgehead atoms. The molecule has 0 aromatic heterocycles. The van der Waals surface area contributed by atoms with Gasteiger partial charge in [0, 0.05) is 5.56 Å². The van der Waals surface area contributed by atoms with Gasteiger partial charge in [-0.2, -0.15) is 5.06 Å². The van der Waals surface area contributed by atoms with Gasteiger partial charge in [0.1, 0.15) is 0 Å². The smallest absolute Gasteiger partial charge is 0.263 e. The lowest BCUT2D eigenvalue weighted by Crippen LogP contribution is -2.62. The fourth-order valence-corrected chi connectivity index (χ4v) is 2.32. The maximum Gasteiger partial charge on any atom is 0.263 e. The van der Waals surface area contributed by atoms with Crippen LogP contribution in [0.5, 0.6) is 5.75 Å². The largest absolute Gasteiger partial charge is 0.377 e. The summed E-state index contributed by atoms with van der Waals surface area (Å²) in [5.74, 6) is 0.648. The minimum absolute atomic E-state index is 0.0163. The first-order valence-electron chi connectivity index (χ1n) is 6.63. The molecule has 0 unspecified atom stereocenters. The summed E-state index contributed by atoms with van der Waals surface area (Å²) < 4.78 is 0. The fourth-order valence-electron chi connectivity index (χ4n) is 2.32. The van der Waals surface area contributed by atoms with Crippen molar-refractivity contribution in [2.45, 2.75) is 33.6 Å². The number of carbonyl (C=O) groups excluding carboxylic acids is 2. The molecule has 0 radical (unpaired) electrons. The number of hydrogen-bond acceptors (Lipinski definition) is 3. The van der Waals surface area contributed by atoms with Gasteiger partial charge in [-0.3, -0.25) is 9.59 Å². The van der Waals surface area contributed by atoms with E-state index in [0.717, 1.165) is 12.8 Å². The zero-order chi connectivity index (χ0) is 14.0. The van der Waals surface area contributed by atoms with E-state index < -0.39 is 0 Å². The summed E-state index contributed by atoms with van der Waals surface area (Å²) in [6.45, 7) is 6.21. The van der Waals surface area contributed by atoms with Crippen molar-refractivity contribution in [2.75, 3.05) is 6.54 Å². The summed E-state index contributed by atoms with van der Waals surface area (Å²) in [4.78, 5) is 28.8. The van der Waals surface area contributed by atoms with Crippen LogP contribution in [0.3, 0.4) is 0 Å². The molecule has 1 aromatic carbocycles. The van der Waals surface area contributed by atoms with Crippen molar-refractivity contribution in [1.82, 2.24) is 5.06 Å². The van der Waals surface area contributed by atoms with Crippen molar-refractivity contribution in [1.29, 1.82) is 0 Å². The molecule has 2 rings (SSSR count). The van der Waals surface area contributed by atoms with Gasteiger partial charge < -0.3 is 4.84 Å². The monoisotopic (exact) mass is 261 g/mol. The summed E-state index contributed by atoms with van der Waals surface area (Å²) in [7, 11) is 0. The minimum atomic E-state index is -0.237. The molecule has 19 heavy (non-hydrogen) atoms. The number of β-lactam (4-membered cyclic amide) rings is 1. The topological polar surface area (TPSA) is 46.6 Å². The molecule has 1 heterocycles. The Balaban J connectivity index is 2.00. The fraction of sp³-hybridized carbons (Fsp3) is 0.467. The number of benzene rings is 1. The van der Waals surface area contributed by atoms with Crippen molar-refractivity contribution in [3.63, 3.8) is 0 Å². The third kappa shape index (κ3) is 2.35. The van der Waals surface area contributed by atoms with Gasteiger partial charge in [0.15, 0.2) is 11.5 Å². The standard InChI is InChI=1S/C15H19NO3/c1-4-15(5-2)10-16(14(15)18)19-13-8-6-12(7-9-13)11(3)17/h6-9H,4-5,10H2,1-3H3. The number of carbonyl (C=O) groups is 2. The first-order valence-corrected chi connectivity index (χ1v) is 6.63. The van der Waals surface area contributed by atoms with E-state index in [-0.39, 0.29) is 17.1 Å². The SMILES string of the molecule is CCC1(CC)CN(Oc2ccc(C(C)=O)cc2)C1=O. The normalized spacial score (nSPS) is 17.0. The van der Waals surface area contributed by atoms with Gasteiger partial charge in [0.05, 0.1) is 12.0 Å². The van der Waals surface area contributed by atoms with Crippen molar-refractivity contribution < 1.29 is 14.4 Å². The molecular weight excluding hydrogens is 242 g/mol. The second-order valence-corrected chi connectivity index (χ2v) is 5.00. The highest BCUT2D eigenvalue weighted by atomic mass is 16.7. The Hall–Kier alpha value is -1.84. The zero-order valence-electron chi connectivity index (χ0n) is 11.6. The summed E-state index contributed by atoms with van der Waals surface area (Å²) in [5.41, 5.74) is 0.401. The first-order chi connectivity index (χ1) is 9.02. The Labute approximate surface area is 113 Å². The lowest BCUT2D eigenvalue weighted by Gasteiger charge is -2.46. The molecule has 0 spiro atoms. The number of hydrogen-bond donors (Lipinski definition) is 0. The van der Waals surface area contributed by atoms with Gasteiger partial charge >= 0.3 is 0 Å². The van der Waals surface area contributed by atoms with Gasteiger partial charge in [-0.05, 0) is 44.0 Å². The van der Waals surface area contributed by atoms with Gasteiger partial charge in [-0.15, -0.1) is 0 Å². The quantitative estimate of drug-likeness (QED) is 0.605. The van der Waals surface area contributed by atoms with Crippen LogP contribution in [-0.4, -0.2) is 23.3 Å². The van der Waals surface area contributed by atoms with Crippen LogP contribution in [0.4, 0.5) is 0 Å². The van der Waals surface area contributed by atoms with Crippen LogP contribution in [-0.2, 0) is 4.79 Å². The molecule has 1 amide bonds. The van der Waals surface area contributed by atoms with Crippen LogP contribution in [0.25, 0.3) is 0 Å². The zero-order valence-corrected chi connectivity index (χ0v) is 11.6. The molecule has 0 saturated carbocycles. The third-order valence-electron chi connectivity index (χ3n) is 3.96. The predicted molar refractivity (Wildman–Crippen MR) is 71.8 cm³/mol. The van der Waals surface area contributed by atoms with Crippen molar-refractivity contribution in [3.05, 3.63) is 29.8 Å². The van der Waals surface area contributed by atoms with Crippen LogP contribution >= 0.6 is 0 Å². The molecular formula is C15H19NO3. The molecule has 4 heteroatoms. The van der Waals surface area contributed by atoms with E-state index in [9.17, 15) is 9.59 Å². The van der Waals surface area contributed by atoms with E-state index in [0.29, 0.717) is 17.9 Å². The number of hydroxylamine groups is 2. The number of amides is 1. The Bertz CT molecular complexity index is 489. The van der Waals surface area contributed by atoms with Gasteiger partial charge in [-0.1, -0.05) is 13.8 Å². The molecule has 0 aliphatic carbocycles. The molecule has 1 fully saturated rings. The van der Waals surface area contributed by atoms with E-state index >= 15 is 0 Å². The van der Waals surface area contributed by atoms with Crippen LogP contribution in [0, 0.1) is 5.41 Å². The third-order valence-corrected chi connectivity index (χ3v) is 3.96. The molecule has 0 atom stereocenters. The Kier molecular flexibility index (Phi) is 3.60. The minimum Gasteiger partial charge on any atom is -0.377 e.